The minimum atomic E-state index is -1.20. The Morgan fingerprint density at radius 1 is 1.15 bits per heavy atom. The molecule has 2 rings (SSSR count). The number of phenolic OH excluding ortho intramolecular Hbond substituents is 1. The molecule has 0 radical (unpaired) electrons. The van der Waals surface area contributed by atoms with E-state index in [9.17, 15) is 24.3 Å². The van der Waals surface area contributed by atoms with Gasteiger partial charge in [0.25, 0.3) is 11.8 Å². The van der Waals surface area contributed by atoms with E-state index >= 15 is 0 Å². The van der Waals surface area contributed by atoms with Crippen LogP contribution in [0, 0.1) is 0 Å². The smallest absolute Gasteiger partial charge is 0.408 e. The quantitative estimate of drug-likeness (QED) is 0.743. The van der Waals surface area contributed by atoms with Crippen molar-refractivity contribution in [2.75, 3.05) is 0 Å². The number of hydroxylamine groups is 2. The Morgan fingerprint density at radius 2 is 1.70 bits per heavy atom. The lowest BCUT2D eigenvalue weighted by Crippen LogP contribution is -2.48. The number of hydrogen-bond acceptors (Lipinski definition) is 7. The molecular weight excluding hydrogens is 356 g/mol. The van der Waals surface area contributed by atoms with Gasteiger partial charge >= 0.3 is 12.1 Å². The fraction of sp³-hybridized carbons (Fsp3) is 0.444. The van der Waals surface area contributed by atoms with Gasteiger partial charge in [-0.2, -0.15) is 0 Å². The van der Waals surface area contributed by atoms with E-state index in [-0.39, 0.29) is 25.0 Å². The van der Waals surface area contributed by atoms with E-state index in [1.54, 1.807) is 32.9 Å². The number of benzene rings is 1. The number of phenols is 1. The number of rotatable bonds is 5. The van der Waals surface area contributed by atoms with E-state index < -0.39 is 35.5 Å². The maximum Gasteiger partial charge on any atom is 0.408 e. The molecule has 146 valence electrons. The van der Waals surface area contributed by atoms with Gasteiger partial charge in [0.2, 0.25) is 0 Å². The molecule has 1 saturated heterocycles. The van der Waals surface area contributed by atoms with Crippen LogP contribution in [0.25, 0.3) is 0 Å². The highest BCUT2D eigenvalue weighted by molar-refractivity contribution is 6.01. The van der Waals surface area contributed by atoms with Crippen LogP contribution in [-0.4, -0.2) is 45.7 Å². The summed E-state index contributed by atoms with van der Waals surface area (Å²) < 4.78 is 5.14. The van der Waals surface area contributed by atoms with Gasteiger partial charge in [-0.25, -0.2) is 9.59 Å². The topological polar surface area (TPSA) is 122 Å². The molecule has 0 spiro atoms. The molecule has 1 aromatic rings. The van der Waals surface area contributed by atoms with Gasteiger partial charge in [0, 0.05) is 19.3 Å². The summed E-state index contributed by atoms with van der Waals surface area (Å²) >= 11 is 0. The first-order valence-electron chi connectivity index (χ1n) is 8.40. The molecule has 1 aromatic carbocycles. The van der Waals surface area contributed by atoms with E-state index in [4.69, 9.17) is 9.57 Å². The maximum atomic E-state index is 12.5. The van der Waals surface area contributed by atoms with Gasteiger partial charge in [0.05, 0.1) is 0 Å². The number of imide groups is 1. The average molecular weight is 378 g/mol. The van der Waals surface area contributed by atoms with Crippen molar-refractivity contribution < 1.29 is 33.9 Å². The SMILES string of the molecule is CC(C)(C)OC(=O)N[C@@H](Cc1ccc(O)cc1)C(=O)ON1C(=O)CCC1=O. The summed E-state index contributed by atoms with van der Waals surface area (Å²) in [6.45, 7) is 5.00. The van der Waals surface area contributed by atoms with E-state index in [1.165, 1.54) is 12.1 Å². The van der Waals surface area contributed by atoms with E-state index in [0.29, 0.717) is 10.6 Å². The minimum Gasteiger partial charge on any atom is -0.508 e. The van der Waals surface area contributed by atoms with Crippen LogP contribution < -0.4 is 5.32 Å². The number of carbonyl (C=O) groups excluding carboxylic acids is 4. The molecule has 1 aliphatic heterocycles. The third-order valence-electron chi connectivity index (χ3n) is 3.54. The van der Waals surface area contributed by atoms with Crippen molar-refractivity contribution in [1.82, 2.24) is 10.4 Å². The van der Waals surface area contributed by atoms with E-state index in [1.807, 2.05) is 0 Å². The zero-order valence-electron chi connectivity index (χ0n) is 15.4. The summed E-state index contributed by atoms with van der Waals surface area (Å²) in [4.78, 5) is 52.7. The number of carbonyl (C=O) groups is 4. The Labute approximate surface area is 156 Å². The van der Waals surface area contributed by atoms with Crippen LogP contribution in [0.1, 0.15) is 39.2 Å². The molecule has 0 aliphatic carbocycles. The van der Waals surface area contributed by atoms with Crippen molar-refractivity contribution >= 4 is 23.9 Å². The number of hydrogen-bond donors (Lipinski definition) is 2. The molecule has 0 aromatic heterocycles. The van der Waals surface area contributed by atoms with Crippen molar-refractivity contribution in [1.29, 1.82) is 0 Å². The van der Waals surface area contributed by atoms with E-state index in [2.05, 4.69) is 5.32 Å². The Hall–Kier alpha value is -3.10. The third-order valence-corrected chi connectivity index (χ3v) is 3.54. The predicted octanol–water partition coefficient (Wildman–Crippen LogP) is 1.44. The van der Waals surface area contributed by atoms with Crippen LogP contribution in [0.4, 0.5) is 4.79 Å². The molecule has 1 aliphatic rings. The van der Waals surface area contributed by atoms with Crippen LogP contribution in [0.15, 0.2) is 24.3 Å². The molecule has 27 heavy (non-hydrogen) atoms. The summed E-state index contributed by atoms with van der Waals surface area (Å²) in [6.07, 6.45) is -0.904. The molecular formula is C18H22N2O7. The zero-order valence-corrected chi connectivity index (χ0v) is 15.4. The molecule has 9 nitrogen and oxygen atoms in total. The summed E-state index contributed by atoms with van der Waals surface area (Å²) in [5.74, 6) is -2.16. The first kappa shape index (κ1) is 20.2. The molecule has 1 atom stereocenters. The summed E-state index contributed by atoms with van der Waals surface area (Å²) in [7, 11) is 0. The lowest BCUT2D eigenvalue weighted by molar-refractivity contribution is -0.198. The molecule has 3 amide bonds. The van der Waals surface area contributed by atoms with Gasteiger partial charge in [-0.15, -0.1) is 5.06 Å². The third kappa shape index (κ3) is 5.98. The molecule has 1 heterocycles. The Balaban J connectivity index is 2.13. The predicted molar refractivity (Wildman–Crippen MR) is 92.1 cm³/mol. The van der Waals surface area contributed by atoms with Gasteiger partial charge in [-0.05, 0) is 38.5 Å². The highest BCUT2D eigenvalue weighted by atomic mass is 16.7. The highest BCUT2D eigenvalue weighted by Crippen LogP contribution is 2.16. The molecule has 0 unspecified atom stereocenters. The number of nitrogens with zero attached hydrogens (tertiary/aromatic N) is 1. The summed E-state index contributed by atoms with van der Waals surface area (Å²) in [6, 6.07) is 4.79. The van der Waals surface area contributed by atoms with Crippen molar-refractivity contribution in [3.8, 4) is 5.75 Å². The summed E-state index contributed by atoms with van der Waals surface area (Å²) in [5, 5.41) is 12.2. The van der Waals surface area contributed by atoms with Crippen LogP contribution in [0.5, 0.6) is 5.75 Å². The number of ether oxygens (including phenoxy) is 1. The van der Waals surface area contributed by atoms with E-state index in [0.717, 1.165) is 0 Å². The second-order valence-electron chi connectivity index (χ2n) is 7.06. The molecule has 0 saturated carbocycles. The second kappa shape index (κ2) is 8.07. The molecule has 1 fully saturated rings. The fourth-order valence-corrected chi connectivity index (χ4v) is 2.32. The second-order valence-corrected chi connectivity index (χ2v) is 7.06. The average Bonchev–Trinajstić information content (AvgIpc) is 2.86. The first-order chi connectivity index (χ1) is 12.5. The normalized spacial score (nSPS) is 15.4. The Bertz CT molecular complexity index is 721. The van der Waals surface area contributed by atoms with Crippen molar-refractivity contribution in [2.24, 2.45) is 0 Å². The van der Waals surface area contributed by atoms with Crippen molar-refractivity contribution in [2.45, 2.75) is 51.7 Å². The van der Waals surface area contributed by atoms with Crippen molar-refractivity contribution in [3.05, 3.63) is 29.8 Å². The lowest BCUT2D eigenvalue weighted by Gasteiger charge is -2.23. The number of nitrogens with one attached hydrogen (secondary N) is 1. The van der Waals surface area contributed by atoms with Gasteiger partial charge in [-0.3, -0.25) is 9.59 Å². The summed E-state index contributed by atoms with van der Waals surface area (Å²) in [5.41, 5.74) is -0.164. The maximum absolute atomic E-state index is 12.5. The molecule has 0 bridgehead atoms. The molecule has 2 N–H and O–H groups in total. The van der Waals surface area contributed by atoms with Gasteiger partial charge in [0.1, 0.15) is 17.4 Å². The first-order valence-corrected chi connectivity index (χ1v) is 8.40. The van der Waals surface area contributed by atoms with Crippen molar-refractivity contribution in [3.63, 3.8) is 0 Å². The van der Waals surface area contributed by atoms with Crippen LogP contribution in [-0.2, 0) is 30.4 Å². The number of amides is 3. The number of alkyl carbamates (subject to hydrolysis) is 1. The number of aromatic hydroxyl groups is 1. The lowest BCUT2D eigenvalue weighted by atomic mass is 10.1. The van der Waals surface area contributed by atoms with Crippen LogP contribution >= 0.6 is 0 Å². The zero-order chi connectivity index (χ0) is 20.2. The Kier molecular flexibility index (Phi) is 6.04. The van der Waals surface area contributed by atoms with Gasteiger partial charge in [-0.1, -0.05) is 12.1 Å². The molecule has 9 heteroatoms. The largest absolute Gasteiger partial charge is 0.508 e. The van der Waals surface area contributed by atoms with Crippen LogP contribution in [0.3, 0.4) is 0 Å². The van der Waals surface area contributed by atoms with Crippen LogP contribution in [0.2, 0.25) is 0 Å². The van der Waals surface area contributed by atoms with Gasteiger partial charge in [0.15, 0.2) is 0 Å². The Morgan fingerprint density at radius 3 is 2.22 bits per heavy atom. The van der Waals surface area contributed by atoms with Gasteiger partial charge < -0.3 is 20.0 Å². The monoisotopic (exact) mass is 378 g/mol. The standard InChI is InChI=1S/C18H22N2O7/c1-18(2,3)26-17(25)19-13(10-11-4-6-12(21)7-5-11)16(24)27-20-14(22)8-9-15(20)23/h4-7,13,21H,8-10H2,1-3H3,(H,19,25)/t13-/m0/s1. The minimum absolute atomic E-state index is 0.00851. The fourth-order valence-electron chi connectivity index (χ4n) is 2.32. The highest BCUT2D eigenvalue weighted by Gasteiger charge is 2.35.